The highest BCUT2D eigenvalue weighted by atomic mass is 16.4. The highest BCUT2D eigenvalue weighted by Crippen LogP contribution is 2.33. The number of Topliss-reactive ketones (excluding diaryl/α,β-unsaturated/α-hetero) is 1. The number of aliphatic hydroxyl groups excluding tert-OH is 2. The van der Waals surface area contributed by atoms with Crippen LogP contribution in [-0.2, 0) is 9.59 Å². The third-order valence-corrected chi connectivity index (χ3v) is 4.33. The number of carbonyl (C=O) groups excluding carboxylic acids is 1. The fourth-order valence-corrected chi connectivity index (χ4v) is 2.94. The minimum Gasteiger partial charge on any atom is -0.481 e. The average molecular weight is 356 g/mol. The standard InChI is InChI=1S/C20H32O5/c1-2-3-6-9-15(21)12-13-17-16(18(22)14-19(17)23)10-7-4-5-8-11-20(24)25/h4,7,12-13,15-18,21-22H,2-3,5-6,8-11,14H2,1H3,(H,24,25)/b7-4-,13-12+/t15-,16+,17+,18-/m0/s1/i5D2,8D2. The van der Waals surface area contributed by atoms with Gasteiger partial charge in [-0.3, -0.25) is 9.59 Å². The van der Waals surface area contributed by atoms with Gasteiger partial charge in [0.05, 0.1) is 12.2 Å². The number of carbonyl (C=O) groups is 2. The van der Waals surface area contributed by atoms with Gasteiger partial charge in [-0.1, -0.05) is 50.5 Å². The predicted octanol–water partition coefficient (Wildman–Crippen LogP) is 3.25. The first kappa shape index (κ1) is 15.8. The summed E-state index contributed by atoms with van der Waals surface area (Å²) >= 11 is 0. The summed E-state index contributed by atoms with van der Waals surface area (Å²) < 4.78 is 31.0. The zero-order valence-corrected chi connectivity index (χ0v) is 14.7. The van der Waals surface area contributed by atoms with Gasteiger partial charge >= 0.3 is 5.97 Å². The number of rotatable bonds is 12. The molecule has 1 fully saturated rings. The lowest BCUT2D eigenvalue weighted by Gasteiger charge is -2.17. The molecule has 1 aliphatic rings. The summed E-state index contributed by atoms with van der Waals surface area (Å²) in [5.41, 5.74) is 0. The quantitative estimate of drug-likeness (QED) is 0.368. The predicted molar refractivity (Wildman–Crippen MR) is 97.1 cm³/mol. The van der Waals surface area contributed by atoms with Gasteiger partial charge in [-0.25, -0.2) is 0 Å². The lowest BCUT2D eigenvalue weighted by molar-refractivity contribution is -0.137. The lowest BCUT2D eigenvalue weighted by atomic mass is 9.90. The Balaban J connectivity index is 2.78. The number of aliphatic hydroxyl groups is 2. The van der Waals surface area contributed by atoms with E-state index in [2.05, 4.69) is 6.92 Å². The Labute approximate surface area is 156 Å². The van der Waals surface area contributed by atoms with Crippen LogP contribution in [0.4, 0.5) is 0 Å². The molecule has 0 aromatic heterocycles. The molecule has 1 rings (SSSR count). The van der Waals surface area contributed by atoms with Crippen molar-refractivity contribution >= 4 is 11.8 Å². The fraction of sp³-hybridized carbons (Fsp3) is 0.700. The van der Waals surface area contributed by atoms with E-state index < -0.39 is 49.2 Å². The maximum absolute atomic E-state index is 12.2. The highest BCUT2D eigenvalue weighted by Gasteiger charge is 2.39. The summed E-state index contributed by atoms with van der Waals surface area (Å²) in [4.78, 5) is 22.9. The second-order valence-corrected chi connectivity index (χ2v) is 6.41. The molecule has 1 saturated carbocycles. The Bertz CT molecular complexity index is 618. The van der Waals surface area contributed by atoms with E-state index in [9.17, 15) is 19.8 Å². The maximum Gasteiger partial charge on any atom is 0.303 e. The summed E-state index contributed by atoms with van der Waals surface area (Å²) in [6, 6.07) is 0. The van der Waals surface area contributed by atoms with Crippen LogP contribution in [0.25, 0.3) is 0 Å². The average Bonchev–Trinajstić information content (AvgIpc) is 2.85. The molecule has 5 heteroatoms. The van der Waals surface area contributed by atoms with E-state index in [1.807, 2.05) is 0 Å². The number of allylic oxidation sites excluding steroid dienone is 3. The Morgan fingerprint density at radius 3 is 2.84 bits per heavy atom. The van der Waals surface area contributed by atoms with Crippen LogP contribution in [0.5, 0.6) is 0 Å². The minimum atomic E-state index is -2.60. The maximum atomic E-state index is 12.2. The van der Waals surface area contributed by atoms with Crippen molar-refractivity contribution in [3.63, 3.8) is 0 Å². The van der Waals surface area contributed by atoms with Crippen LogP contribution < -0.4 is 0 Å². The number of carboxylic acid groups (broad SMARTS) is 1. The molecule has 0 aliphatic heterocycles. The number of aliphatic carboxylic acids is 1. The van der Waals surface area contributed by atoms with Gasteiger partial charge in [-0.05, 0) is 25.6 Å². The largest absolute Gasteiger partial charge is 0.481 e. The fourth-order valence-electron chi connectivity index (χ4n) is 2.94. The Morgan fingerprint density at radius 1 is 1.40 bits per heavy atom. The van der Waals surface area contributed by atoms with Crippen LogP contribution in [-0.4, -0.2) is 39.3 Å². The molecular formula is C20H32O5. The summed E-state index contributed by atoms with van der Waals surface area (Å²) in [7, 11) is 0. The molecule has 0 saturated heterocycles. The van der Waals surface area contributed by atoms with E-state index >= 15 is 0 Å². The van der Waals surface area contributed by atoms with Crippen molar-refractivity contribution in [2.45, 2.75) is 76.8 Å². The van der Waals surface area contributed by atoms with Crippen molar-refractivity contribution in [3.8, 4) is 0 Å². The van der Waals surface area contributed by atoms with Gasteiger partial charge in [0.1, 0.15) is 5.78 Å². The van der Waals surface area contributed by atoms with Gasteiger partial charge < -0.3 is 15.3 Å². The molecule has 25 heavy (non-hydrogen) atoms. The molecule has 0 amide bonds. The molecule has 4 atom stereocenters. The normalized spacial score (nSPS) is 28.8. The zero-order chi connectivity index (χ0) is 22.2. The molecule has 5 nitrogen and oxygen atoms in total. The van der Waals surface area contributed by atoms with Crippen LogP contribution in [0.15, 0.2) is 24.3 Å². The number of carboxylic acids is 1. The Hall–Kier alpha value is -1.46. The third kappa shape index (κ3) is 8.45. The van der Waals surface area contributed by atoms with E-state index in [4.69, 9.17) is 10.6 Å². The SMILES string of the molecule is [2H]C([2H])(/C=C\C[C@H]1[C@@H](O)CC(=O)[C@@H]1/C=C/[C@@H](O)CCCCC)C([2H])([2H])CC(=O)O. The van der Waals surface area contributed by atoms with Gasteiger partial charge in [0.2, 0.25) is 0 Å². The second-order valence-electron chi connectivity index (χ2n) is 6.41. The summed E-state index contributed by atoms with van der Waals surface area (Å²) in [5, 5.41) is 28.9. The molecule has 1 aliphatic carbocycles. The van der Waals surface area contributed by atoms with Crippen LogP contribution in [0.2, 0.25) is 0 Å². The van der Waals surface area contributed by atoms with E-state index in [1.165, 1.54) is 6.08 Å². The van der Waals surface area contributed by atoms with Gasteiger partial charge in [0.15, 0.2) is 0 Å². The molecule has 142 valence electrons. The number of hydrogen-bond donors (Lipinski definition) is 3. The Kier molecular flexibility index (Phi) is 7.56. The van der Waals surface area contributed by atoms with Crippen LogP contribution in [0.1, 0.15) is 70.1 Å². The van der Waals surface area contributed by atoms with Crippen molar-refractivity contribution < 1.29 is 30.4 Å². The smallest absolute Gasteiger partial charge is 0.303 e. The van der Waals surface area contributed by atoms with E-state index in [0.717, 1.165) is 25.3 Å². The third-order valence-electron chi connectivity index (χ3n) is 4.33. The van der Waals surface area contributed by atoms with Crippen molar-refractivity contribution in [1.82, 2.24) is 0 Å². The molecule has 0 radical (unpaired) electrons. The van der Waals surface area contributed by atoms with Gasteiger partial charge in [0.25, 0.3) is 0 Å². The zero-order valence-electron chi connectivity index (χ0n) is 18.7. The molecule has 0 heterocycles. The molecule has 0 bridgehead atoms. The van der Waals surface area contributed by atoms with Crippen LogP contribution in [0.3, 0.4) is 0 Å². The highest BCUT2D eigenvalue weighted by molar-refractivity contribution is 5.86. The van der Waals surface area contributed by atoms with Crippen LogP contribution >= 0.6 is 0 Å². The first-order valence-electron chi connectivity index (χ1n) is 10.9. The molecule has 0 spiro atoms. The van der Waals surface area contributed by atoms with Crippen molar-refractivity contribution in [3.05, 3.63) is 24.3 Å². The number of hydrogen-bond acceptors (Lipinski definition) is 4. The van der Waals surface area contributed by atoms with E-state index in [0.29, 0.717) is 6.42 Å². The van der Waals surface area contributed by atoms with Gasteiger partial charge in [-0.15, -0.1) is 0 Å². The van der Waals surface area contributed by atoms with Crippen molar-refractivity contribution in [1.29, 1.82) is 0 Å². The summed E-state index contributed by atoms with van der Waals surface area (Å²) in [6.45, 7) is 2.06. The first-order chi connectivity index (χ1) is 13.4. The minimum absolute atomic E-state index is 0.0217. The van der Waals surface area contributed by atoms with E-state index in [-0.39, 0.29) is 18.6 Å². The number of unbranched alkanes of at least 4 members (excludes halogenated alkanes) is 2. The number of ketones is 1. The van der Waals surface area contributed by atoms with Gasteiger partial charge in [0, 0.05) is 30.2 Å². The summed E-state index contributed by atoms with van der Waals surface area (Å²) in [5.74, 6) is -2.69. The van der Waals surface area contributed by atoms with Crippen LogP contribution in [0, 0.1) is 11.8 Å². The molecular weight excluding hydrogens is 320 g/mol. The van der Waals surface area contributed by atoms with Crippen molar-refractivity contribution in [2.24, 2.45) is 11.8 Å². The summed E-state index contributed by atoms with van der Waals surface area (Å²) in [6.07, 6.45) is 1.47. The molecule has 0 unspecified atom stereocenters. The molecule has 0 aromatic carbocycles. The lowest BCUT2D eigenvalue weighted by Crippen LogP contribution is -2.19. The Morgan fingerprint density at radius 2 is 2.16 bits per heavy atom. The molecule has 3 N–H and O–H groups in total. The van der Waals surface area contributed by atoms with Crippen molar-refractivity contribution in [2.75, 3.05) is 0 Å². The van der Waals surface area contributed by atoms with E-state index in [1.54, 1.807) is 12.2 Å². The topological polar surface area (TPSA) is 94.8 Å². The monoisotopic (exact) mass is 356 g/mol. The first-order valence-corrected chi connectivity index (χ1v) is 8.88. The molecule has 0 aromatic rings. The second kappa shape index (κ2) is 12.0. The van der Waals surface area contributed by atoms with Gasteiger partial charge in [-0.2, -0.15) is 0 Å².